The molecule has 1 unspecified atom stereocenters. The van der Waals surface area contributed by atoms with E-state index in [0.717, 1.165) is 37.7 Å². The molecule has 2 heterocycles. The standard InChI is InChI=1S/C16H26N4S.HI/c1-13(2)15-12-20(10-11-21-15)16(17-3)19-9-7-14-6-4-5-8-18-14;/h4-6,8,13,15H,7,9-12H2,1-3H3,(H,17,19);1H. The Balaban J connectivity index is 0.00000242. The molecule has 0 bridgehead atoms. The summed E-state index contributed by atoms with van der Waals surface area (Å²) in [4.78, 5) is 11.2. The number of hydrogen-bond acceptors (Lipinski definition) is 3. The van der Waals surface area contributed by atoms with E-state index in [1.54, 1.807) is 0 Å². The van der Waals surface area contributed by atoms with Crippen LogP contribution in [-0.4, -0.2) is 53.5 Å². The van der Waals surface area contributed by atoms with Crippen molar-refractivity contribution in [1.29, 1.82) is 0 Å². The number of rotatable bonds is 4. The molecule has 0 spiro atoms. The quantitative estimate of drug-likeness (QED) is 0.450. The Morgan fingerprint density at radius 1 is 1.50 bits per heavy atom. The molecule has 22 heavy (non-hydrogen) atoms. The van der Waals surface area contributed by atoms with Crippen molar-refractivity contribution < 1.29 is 0 Å². The fraction of sp³-hybridized carbons (Fsp3) is 0.625. The third-order valence-corrected chi connectivity index (χ3v) is 5.28. The van der Waals surface area contributed by atoms with Crippen molar-refractivity contribution >= 4 is 41.7 Å². The second-order valence-electron chi connectivity index (χ2n) is 5.64. The van der Waals surface area contributed by atoms with Crippen molar-refractivity contribution in [1.82, 2.24) is 15.2 Å². The summed E-state index contributed by atoms with van der Waals surface area (Å²) >= 11 is 2.09. The zero-order valence-electron chi connectivity index (χ0n) is 13.7. The lowest BCUT2D eigenvalue weighted by atomic mass is 10.1. The topological polar surface area (TPSA) is 40.5 Å². The van der Waals surface area contributed by atoms with Crippen LogP contribution in [0.4, 0.5) is 0 Å². The van der Waals surface area contributed by atoms with E-state index in [2.05, 4.69) is 51.9 Å². The first kappa shape index (κ1) is 19.5. The van der Waals surface area contributed by atoms with E-state index in [-0.39, 0.29) is 24.0 Å². The summed E-state index contributed by atoms with van der Waals surface area (Å²) < 4.78 is 0. The normalized spacial score (nSPS) is 19.0. The van der Waals surface area contributed by atoms with Gasteiger partial charge in [-0.2, -0.15) is 11.8 Å². The Morgan fingerprint density at radius 2 is 2.32 bits per heavy atom. The fourth-order valence-electron chi connectivity index (χ4n) is 2.45. The van der Waals surface area contributed by atoms with Crippen LogP contribution in [0.25, 0.3) is 0 Å². The SMILES string of the molecule is CN=C(NCCc1ccccn1)N1CCSC(C(C)C)C1.I. The molecule has 1 aromatic rings. The van der Waals surface area contributed by atoms with Crippen molar-refractivity contribution in [3.05, 3.63) is 30.1 Å². The van der Waals surface area contributed by atoms with E-state index in [4.69, 9.17) is 0 Å². The number of aliphatic imine (C=N–C) groups is 1. The number of pyridine rings is 1. The maximum absolute atomic E-state index is 4.44. The van der Waals surface area contributed by atoms with Gasteiger partial charge in [-0.25, -0.2) is 0 Å². The fourth-order valence-corrected chi connectivity index (χ4v) is 3.75. The Hall–Kier alpha value is -0.500. The average Bonchev–Trinajstić information content (AvgIpc) is 2.52. The average molecular weight is 434 g/mol. The Morgan fingerprint density at radius 3 is 2.95 bits per heavy atom. The van der Waals surface area contributed by atoms with Crippen molar-refractivity contribution in [3.8, 4) is 0 Å². The maximum Gasteiger partial charge on any atom is 0.193 e. The first-order valence-electron chi connectivity index (χ1n) is 7.68. The van der Waals surface area contributed by atoms with Gasteiger partial charge in [-0.15, -0.1) is 24.0 Å². The third-order valence-electron chi connectivity index (χ3n) is 3.74. The van der Waals surface area contributed by atoms with Gasteiger partial charge in [0.1, 0.15) is 0 Å². The molecule has 1 fully saturated rings. The number of thioether (sulfide) groups is 1. The zero-order chi connectivity index (χ0) is 15.1. The van der Waals surface area contributed by atoms with E-state index in [1.165, 1.54) is 5.75 Å². The largest absolute Gasteiger partial charge is 0.356 e. The van der Waals surface area contributed by atoms with Crippen LogP contribution in [-0.2, 0) is 6.42 Å². The van der Waals surface area contributed by atoms with Gasteiger partial charge in [0.2, 0.25) is 0 Å². The second kappa shape index (κ2) is 10.3. The molecule has 0 saturated carbocycles. The van der Waals surface area contributed by atoms with Gasteiger partial charge in [0.15, 0.2) is 5.96 Å². The van der Waals surface area contributed by atoms with Gasteiger partial charge in [0.05, 0.1) is 0 Å². The third kappa shape index (κ3) is 5.95. The molecule has 1 N–H and O–H groups in total. The van der Waals surface area contributed by atoms with Crippen LogP contribution in [0, 0.1) is 5.92 Å². The Labute approximate surface area is 155 Å². The predicted octanol–water partition coefficient (Wildman–Crippen LogP) is 2.89. The molecule has 0 aliphatic carbocycles. The van der Waals surface area contributed by atoms with Crippen molar-refractivity contribution in [2.45, 2.75) is 25.5 Å². The molecular formula is C16H27IN4S. The lowest BCUT2D eigenvalue weighted by Gasteiger charge is -2.36. The van der Waals surface area contributed by atoms with Crippen LogP contribution in [0.15, 0.2) is 29.4 Å². The molecule has 1 aliphatic heterocycles. The van der Waals surface area contributed by atoms with E-state index in [1.807, 2.05) is 25.4 Å². The maximum atomic E-state index is 4.44. The highest BCUT2D eigenvalue weighted by molar-refractivity contribution is 14.0. The molecule has 1 saturated heterocycles. The molecule has 0 amide bonds. The minimum absolute atomic E-state index is 0. The summed E-state index contributed by atoms with van der Waals surface area (Å²) in [6.45, 7) is 7.65. The van der Waals surface area contributed by atoms with Gasteiger partial charge in [0, 0.05) is 56.0 Å². The van der Waals surface area contributed by atoms with Crippen molar-refractivity contribution in [2.75, 3.05) is 32.4 Å². The molecule has 0 radical (unpaired) electrons. The van der Waals surface area contributed by atoms with Gasteiger partial charge < -0.3 is 10.2 Å². The van der Waals surface area contributed by atoms with Crippen molar-refractivity contribution in [2.24, 2.45) is 10.9 Å². The lowest BCUT2D eigenvalue weighted by Crippen LogP contribution is -2.49. The zero-order valence-corrected chi connectivity index (χ0v) is 16.8. The van der Waals surface area contributed by atoms with Crippen LogP contribution in [0.2, 0.25) is 0 Å². The van der Waals surface area contributed by atoms with Crippen LogP contribution in [0.3, 0.4) is 0 Å². The van der Waals surface area contributed by atoms with Crippen LogP contribution < -0.4 is 5.32 Å². The second-order valence-corrected chi connectivity index (χ2v) is 6.99. The van der Waals surface area contributed by atoms with E-state index in [9.17, 15) is 0 Å². The van der Waals surface area contributed by atoms with Gasteiger partial charge >= 0.3 is 0 Å². The van der Waals surface area contributed by atoms with Gasteiger partial charge in [0.25, 0.3) is 0 Å². The Kier molecular flexibility index (Phi) is 9.16. The van der Waals surface area contributed by atoms with Gasteiger partial charge in [-0.1, -0.05) is 19.9 Å². The highest BCUT2D eigenvalue weighted by atomic mass is 127. The van der Waals surface area contributed by atoms with E-state index in [0.29, 0.717) is 11.2 Å². The highest BCUT2D eigenvalue weighted by Gasteiger charge is 2.24. The monoisotopic (exact) mass is 434 g/mol. The van der Waals surface area contributed by atoms with E-state index < -0.39 is 0 Å². The number of nitrogens with one attached hydrogen (secondary N) is 1. The molecule has 2 rings (SSSR count). The lowest BCUT2D eigenvalue weighted by molar-refractivity contribution is 0.381. The first-order chi connectivity index (χ1) is 10.2. The predicted molar refractivity (Wildman–Crippen MR) is 107 cm³/mol. The number of hydrogen-bond donors (Lipinski definition) is 1. The van der Waals surface area contributed by atoms with Gasteiger partial charge in [-0.05, 0) is 18.1 Å². The molecule has 4 nitrogen and oxygen atoms in total. The summed E-state index contributed by atoms with van der Waals surface area (Å²) in [6.07, 6.45) is 2.77. The molecule has 1 aromatic heterocycles. The summed E-state index contributed by atoms with van der Waals surface area (Å²) in [5.74, 6) is 2.92. The molecule has 1 aliphatic rings. The van der Waals surface area contributed by atoms with Crippen LogP contribution in [0.1, 0.15) is 19.5 Å². The molecule has 1 atom stereocenters. The summed E-state index contributed by atoms with van der Waals surface area (Å²) in [5, 5.41) is 4.18. The minimum atomic E-state index is 0. The Bertz CT molecular complexity index is 453. The van der Waals surface area contributed by atoms with E-state index >= 15 is 0 Å². The van der Waals surface area contributed by atoms with Crippen LogP contribution >= 0.6 is 35.7 Å². The van der Waals surface area contributed by atoms with Crippen molar-refractivity contribution in [3.63, 3.8) is 0 Å². The highest BCUT2D eigenvalue weighted by Crippen LogP contribution is 2.24. The minimum Gasteiger partial charge on any atom is -0.356 e. The summed E-state index contributed by atoms with van der Waals surface area (Å²) in [7, 11) is 1.87. The molecule has 124 valence electrons. The number of aromatic nitrogens is 1. The number of guanidine groups is 1. The van der Waals surface area contributed by atoms with Crippen LogP contribution in [0.5, 0.6) is 0 Å². The molecular weight excluding hydrogens is 407 g/mol. The van der Waals surface area contributed by atoms with Gasteiger partial charge in [-0.3, -0.25) is 9.98 Å². The smallest absolute Gasteiger partial charge is 0.193 e. The molecule has 6 heteroatoms. The first-order valence-corrected chi connectivity index (χ1v) is 8.72. The number of halogens is 1. The summed E-state index contributed by atoms with van der Waals surface area (Å²) in [6, 6.07) is 6.05. The summed E-state index contributed by atoms with van der Waals surface area (Å²) in [5.41, 5.74) is 1.12. The number of nitrogens with zero attached hydrogens (tertiary/aromatic N) is 3. The molecule has 0 aromatic carbocycles.